The van der Waals surface area contributed by atoms with Gasteiger partial charge in [0.25, 0.3) is 6.47 Å². The Kier molecular flexibility index (Phi) is 46.7. The topological polar surface area (TPSA) is 93.6 Å². The van der Waals surface area contributed by atoms with Crippen molar-refractivity contribution in [2.45, 2.75) is 66.6 Å². The van der Waals surface area contributed by atoms with Crippen LogP contribution in [0.4, 0.5) is 0 Å². The number of pyridine rings is 2. The van der Waals surface area contributed by atoms with Gasteiger partial charge in [-0.25, -0.2) is 9.97 Å². The van der Waals surface area contributed by atoms with E-state index in [4.69, 9.17) is 77.4 Å². The van der Waals surface area contributed by atoms with Crippen molar-refractivity contribution in [2.24, 2.45) is 0 Å². The van der Waals surface area contributed by atoms with E-state index in [0.29, 0.717) is 30.8 Å². The molecule has 0 unspecified atom stereocenters. The number of hydrogen-bond acceptors (Lipinski definition) is 7. The minimum absolute atomic E-state index is 0. The maximum Gasteiger partial charge on any atom is 1.00 e. The zero-order valence-corrected chi connectivity index (χ0v) is 91.0. The normalized spacial score (nSPS) is 11.7. The van der Waals surface area contributed by atoms with E-state index in [1.54, 1.807) is 12.1 Å². The van der Waals surface area contributed by atoms with E-state index < -0.39 is 31.7 Å². The van der Waals surface area contributed by atoms with Crippen molar-refractivity contribution in [1.82, 2.24) is 9.97 Å². The van der Waals surface area contributed by atoms with Crippen LogP contribution in [0.3, 0.4) is 0 Å². The molecular weight excluding hydrogens is 1960 g/mol. The summed E-state index contributed by atoms with van der Waals surface area (Å²) in [6.07, 6.45) is 0. The van der Waals surface area contributed by atoms with Gasteiger partial charge in [-0.2, -0.15) is 0 Å². The zero-order chi connectivity index (χ0) is 91.6. The van der Waals surface area contributed by atoms with Crippen LogP contribution in [0.1, 0.15) is 51.4 Å². The average molecular weight is 2060 g/mol. The van der Waals surface area contributed by atoms with E-state index in [-0.39, 0.29) is 149 Å². The van der Waals surface area contributed by atoms with Crippen LogP contribution in [-0.4, -0.2) is 34.8 Å². The first-order chi connectivity index (χ1) is 63.1. The summed E-state index contributed by atoms with van der Waals surface area (Å²) in [5.74, 6) is 0. The van der Waals surface area contributed by atoms with E-state index in [0.717, 1.165) is 33.0 Å². The predicted molar refractivity (Wildman–Crippen MR) is 564 cm³/mol. The average Bonchev–Trinajstić information content (AvgIpc) is 1.66. The maximum atomic E-state index is 8.64. The Labute approximate surface area is 915 Å². The summed E-state index contributed by atoms with van der Waals surface area (Å²) in [6, 6.07) is 157. The number of halogens is 5. The Morgan fingerprint density at radius 1 is 0.301 bits per heavy atom. The molecule has 0 N–H and O–H groups in total. The summed E-state index contributed by atoms with van der Waals surface area (Å²) in [5, 5.41) is 29.5. The molecule has 1 saturated heterocycles. The third-order valence-corrected chi connectivity index (χ3v) is 32.1. The van der Waals surface area contributed by atoms with Crippen LogP contribution in [0.5, 0.6) is 0 Å². The van der Waals surface area contributed by atoms with Gasteiger partial charge >= 0.3 is 110 Å². The van der Waals surface area contributed by atoms with Gasteiger partial charge in [0.2, 0.25) is 0 Å². The van der Waals surface area contributed by atoms with Gasteiger partial charge in [-0.15, -0.1) is 0 Å². The van der Waals surface area contributed by atoms with Crippen molar-refractivity contribution < 1.29 is 149 Å². The van der Waals surface area contributed by atoms with Gasteiger partial charge < -0.3 is 20.9 Å². The summed E-state index contributed by atoms with van der Waals surface area (Å²) in [4.78, 5) is 20.0. The van der Waals surface area contributed by atoms with Crippen LogP contribution in [0.2, 0.25) is 25.2 Å². The van der Waals surface area contributed by atoms with Crippen LogP contribution < -0.4 is 177 Å². The molecule has 0 spiro atoms. The number of hydrogen-bond donors (Lipinski definition) is 0. The van der Waals surface area contributed by atoms with Gasteiger partial charge in [0.15, 0.2) is 0 Å². The van der Waals surface area contributed by atoms with Crippen molar-refractivity contribution in [1.29, 1.82) is 0 Å². The Morgan fingerprint density at radius 2 is 0.511 bits per heavy atom. The second kappa shape index (κ2) is 56.7. The second-order valence-corrected chi connectivity index (χ2v) is 42.0. The molecule has 0 saturated carbocycles. The molecule has 1 aliphatic heterocycles. The summed E-state index contributed by atoms with van der Waals surface area (Å²) in [5.41, 5.74) is 8.97. The zero-order valence-electron chi connectivity index (χ0n) is 76.8. The Balaban J connectivity index is 0.000000191. The Bertz CT molecular complexity index is 5620. The van der Waals surface area contributed by atoms with Crippen molar-refractivity contribution in [3.63, 3.8) is 0 Å². The van der Waals surface area contributed by atoms with E-state index in [9.17, 15) is 0 Å². The van der Waals surface area contributed by atoms with Crippen molar-refractivity contribution in [3.8, 4) is 11.3 Å². The molecule has 2 aromatic heterocycles. The number of aromatic nitrogens is 2. The van der Waals surface area contributed by atoms with Gasteiger partial charge in [-0.1, -0.05) is 481 Å². The van der Waals surface area contributed by atoms with E-state index >= 15 is 0 Å². The molecule has 0 bridgehead atoms. The molecule has 1 aliphatic rings. The summed E-state index contributed by atoms with van der Waals surface area (Å²) < 4.78 is 12.1. The second-order valence-electron chi connectivity index (χ2n) is 31.1. The molecule has 0 aliphatic carbocycles. The first-order valence-electron chi connectivity index (χ1n) is 42.4. The van der Waals surface area contributed by atoms with Crippen molar-refractivity contribution in [2.75, 3.05) is 0 Å². The molecule has 7 nitrogen and oxygen atoms in total. The SMILES string of the molecule is Cc1cc(C)cc(-c2cc(Cl)c3c(Cl)cccc3n2)c1.Cc1cc(C)cc(B2OC(C)(C)C(C)(C)O2)c1.Clc1cc(Cl)c2c(Cl)cccc2n1.O=CO[O-].[H-].[K+].[K+].[Pd].c1ccc(P(c2ccccc2)c2ccccc2)cc1.c1ccc(P(c2ccccc2)c2ccccc2)cc1.c1ccc(P(c2ccccc2)c2ccccc2)cc1.c1ccc(P(c2ccccc2)c2ccccc2)cc1. The summed E-state index contributed by atoms with van der Waals surface area (Å²) in [6.45, 7) is 16.5. The number of carbonyl (C=O) groups is 1. The summed E-state index contributed by atoms with van der Waals surface area (Å²) in [7, 11) is -2.04. The fourth-order valence-electron chi connectivity index (χ4n) is 14.5. The number of rotatable bonds is 15. The van der Waals surface area contributed by atoms with E-state index in [1.165, 1.54) is 85.9 Å². The molecule has 18 aromatic rings. The first kappa shape index (κ1) is 110. The maximum absolute atomic E-state index is 8.64. The molecule has 19 rings (SSSR count). The van der Waals surface area contributed by atoms with Crippen molar-refractivity contribution in [3.05, 3.63) is 496 Å². The molecule has 16 aromatic carbocycles. The van der Waals surface area contributed by atoms with Crippen LogP contribution in [-0.2, 0) is 39.4 Å². The number of fused-ring (bicyclic) bond motifs is 2. The smallest absolute Gasteiger partial charge is 1.00 e. The number of aryl methyl sites for hydroxylation is 4. The largest absolute Gasteiger partial charge is 1.00 e. The van der Waals surface area contributed by atoms with Gasteiger partial charge in [-0.05, 0) is 205 Å². The van der Waals surface area contributed by atoms with Crippen LogP contribution in [0.25, 0.3) is 33.1 Å². The van der Waals surface area contributed by atoms with Gasteiger partial charge in [0, 0.05) is 36.8 Å². The molecule has 0 radical (unpaired) electrons. The van der Waals surface area contributed by atoms with Gasteiger partial charge in [-0.3, -0.25) is 4.79 Å². The summed E-state index contributed by atoms with van der Waals surface area (Å²) >= 11 is 30.2. The minimum atomic E-state index is -0.446. The van der Waals surface area contributed by atoms with Crippen LogP contribution in [0.15, 0.2) is 449 Å². The number of nitrogens with zero attached hydrogens (tertiary/aromatic N) is 2. The Hall–Kier alpha value is -7.14. The van der Waals surface area contributed by atoms with E-state index in [2.05, 4.69) is 471 Å². The molecule has 20 heteroatoms. The van der Waals surface area contributed by atoms with Crippen LogP contribution >= 0.6 is 89.7 Å². The Morgan fingerprint density at radius 3 is 0.737 bits per heavy atom. The number of carbonyl (C=O) groups excluding carboxylic acids is 1. The third kappa shape index (κ3) is 32.5. The van der Waals surface area contributed by atoms with Crippen LogP contribution in [0, 0.1) is 27.7 Å². The fourth-order valence-corrected chi connectivity index (χ4v) is 25.2. The molecule has 0 atom stereocenters. The number of benzene rings is 16. The third-order valence-electron chi connectivity index (χ3n) is 20.9. The molecule has 3 heterocycles. The first-order valence-corrected chi connectivity index (χ1v) is 49.6. The van der Waals surface area contributed by atoms with Gasteiger partial charge in [0.05, 0.1) is 48.0 Å². The quantitative estimate of drug-likeness (QED) is 0.0252. The molecular formula is C113H100BCl5K2N2O5P4Pd. The monoisotopic (exact) mass is 2060 g/mol. The van der Waals surface area contributed by atoms with Crippen molar-refractivity contribution >= 4 is 194 Å². The van der Waals surface area contributed by atoms with E-state index in [1.807, 2.05) is 36.4 Å². The molecule has 662 valence electrons. The molecule has 1 fully saturated rings. The predicted octanol–water partition coefficient (Wildman–Crippen LogP) is 19.0. The molecule has 0 amide bonds. The standard InChI is InChI=1S/4C18H15P.C17H13Cl2N.C14H21BO2.C9H4Cl3N.CH2O3.2K.Pd.H/c4*1-4-10-16(11-5-1)19(17-12-6-2-7-13-17)18-14-8-3-9-15-18;1-10-6-11(2)8-12(7-10)16-9-14(19)17-13(18)4-3-5-15(17)20-16;1-10-7-11(2)9-12(8-10)15-16-13(3,4)14(5,6)17-15;10-5-2-1-3-7-9(5)6(11)4-8(12)13-7;2-1-4-3;;;;/h4*1-15H;3-9H,1-2H3;7-9H,1-6H3;1-4H;1,3H;;;;/q;;;;;;;;2*+1;;-1/p-1. The molecule has 133 heavy (non-hydrogen) atoms. The van der Waals surface area contributed by atoms with Gasteiger partial charge in [0.1, 0.15) is 5.15 Å². The fraction of sp³-hybridized carbons (Fsp3) is 0.0885. The minimum Gasteiger partial charge on any atom is -1.00 e.